The summed E-state index contributed by atoms with van der Waals surface area (Å²) in [6.45, 7) is 1.64. The molecule has 19 heavy (non-hydrogen) atoms. The number of hydrogen-bond acceptors (Lipinski definition) is 4. The molecule has 1 heterocycles. The van der Waals surface area contributed by atoms with E-state index in [0.29, 0.717) is 5.56 Å². The van der Waals surface area contributed by atoms with Gasteiger partial charge in [0.15, 0.2) is 5.84 Å². The van der Waals surface area contributed by atoms with Gasteiger partial charge in [-0.25, -0.2) is 0 Å². The summed E-state index contributed by atoms with van der Waals surface area (Å²) in [6, 6.07) is 8.34. The van der Waals surface area contributed by atoms with Gasteiger partial charge >= 0.3 is 0 Å². The summed E-state index contributed by atoms with van der Waals surface area (Å²) in [5.74, 6) is -0.343. The zero-order valence-electron chi connectivity index (χ0n) is 10.4. The Hall–Kier alpha value is -2.63. The first kappa shape index (κ1) is 12.8. The molecule has 1 aromatic heterocycles. The molecule has 1 amide bonds. The second-order valence-electron chi connectivity index (χ2n) is 4.10. The lowest BCUT2D eigenvalue weighted by Gasteiger charge is -2.13. The molecule has 1 atom stereocenters. The van der Waals surface area contributed by atoms with Crippen LogP contribution in [-0.2, 0) is 0 Å². The van der Waals surface area contributed by atoms with Crippen LogP contribution < -0.4 is 11.1 Å². The van der Waals surface area contributed by atoms with Crippen molar-refractivity contribution in [3.05, 3.63) is 42.1 Å². The van der Waals surface area contributed by atoms with E-state index in [0.717, 1.165) is 10.9 Å². The minimum Gasteiger partial charge on any atom is -0.409 e. The molecule has 0 radical (unpaired) electrons. The molecule has 0 bridgehead atoms. The number of fused-ring (bicyclic) bond motifs is 1. The van der Waals surface area contributed by atoms with Gasteiger partial charge in [0, 0.05) is 17.1 Å². The standard InChI is InChI=1S/C13H14N4O2/c1-8(12(14)17-19)16-13(18)10-4-2-6-11-9(10)5-3-7-15-11/h2-8,19H,1H3,(H2,14,17)(H,16,18). The SMILES string of the molecule is CC(NC(=O)c1cccc2ncccc12)C(N)=NO. The van der Waals surface area contributed by atoms with E-state index in [-0.39, 0.29) is 11.7 Å². The normalized spacial score (nSPS) is 13.2. The Morgan fingerprint density at radius 3 is 2.95 bits per heavy atom. The summed E-state index contributed by atoms with van der Waals surface area (Å²) >= 11 is 0. The van der Waals surface area contributed by atoms with E-state index in [1.807, 2.05) is 12.1 Å². The third-order valence-electron chi connectivity index (χ3n) is 2.80. The van der Waals surface area contributed by atoms with E-state index in [4.69, 9.17) is 10.9 Å². The second-order valence-corrected chi connectivity index (χ2v) is 4.10. The minimum atomic E-state index is -0.551. The fraction of sp³-hybridized carbons (Fsp3) is 0.154. The fourth-order valence-electron chi connectivity index (χ4n) is 1.74. The largest absolute Gasteiger partial charge is 0.409 e. The lowest BCUT2D eigenvalue weighted by molar-refractivity contribution is 0.0950. The Morgan fingerprint density at radius 1 is 1.42 bits per heavy atom. The second kappa shape index (κ2) is 5.34. The molecule has 1 unspecified atom stereocenters. The van der Waals surface area contributed by atoms with E-state index >= 15 is 0 Å². The Balaban J connectivity index is 2.32. The molecule has 0 spiro atoms. The highest BCUT2D eigenvalue weighted by atomic mass is 16.4. The zero-order chi connectivity index (χ0) is 13.8. The predicted molar refractivity (Wildman–Crippen MR) is 72.1 cm³/mol. The van der Waals surface area contributed by atoms with Crippen LogP contribution in [-0.4, -0.2) is 28.0 Å². The van der Waals surface area contributed by atoms with Gasteiger partial charge in [-0.05, 0) is 25.1 Å². The van der Waals surface area contributed by atoms with E-state index in [2.05, 4.69) is 15.5 Å². The maximum Gasteiger partial charge on any atom is 0.252 e. The Labute approximate surface area is 109 Å². The van der Waals surface area contributed by atoms with Crippen molar-refractivity contribution in [1.29, 1.82) is 0 Å². The number of nitrogens with two attached hydrogens (primary N) is 1. The molecule has 1 aromatic carbocycles. The number of pyridine rings is 1. The molecule has 2 aromatic rings. The highest BCUT2D eigenvalue weighted by molar-refractivity contribution is 6.07. The molecular formula is C13H14N4O2. The smallest absolute Gasteiger partial charge is 0.252 e. The number of nitrogens with zero attached hydrogens (tertiary/aromatic N) is 2. The molecule has 0 fully saturated rings. The zero-order valence-corrected chi connectivity index (χ0v) is 10.4. The summed E-state index contributed by atoms with van der Waals surface area (Å²) in [7, 11) is 0. The average Bonchev–Trinajstić information content (AvgIpc) is 2.45. The Morgan fingerprint density at radius 2 is 2.21 bits per heavy atom. The van der Waals surface area contributed by atoms with Gasteiger partial charge in [-0.2, -0.15) is 0 Å². The maximum absolute atomic E-state index is 12.2. The molecule has 2 rings (SSSR count). The first-order chi connectivity index (χ1) is 9.13. The number of carbonyl (C=O) groups excluding carboxylic acids is 1. The van der Waals surface area contributed by atoms with Crippen LogP contribution >= 0.6 is 0 Å². The first-order valence-corrected chi connectivity index (χ1v) is 5.75. The highest BCUT2D eigenvalue weighted by Crippen LogP contribution is 2.16. The number of rotatable bonds is 3. The van der Waals surface area contributed by atoms with E-state index in [1.165, 1.54) is 0 Å². The van der Waals surface area contributed by atoms with Gasteiger partial charge in [0.05, 0.1) is 11.6 Å². The van der Waals surface area contributed by atoms with Crippen molar-refractivity contribution in [2.24, 2.45) is 10.9 Å². The van der Waals surface area contributed by atoms with Crippen LogP contribution in [0.3, 0.4) is 0 Å². The number of aromatic nitrogens is 1. The number of hydrogen-bond donors (Lipinski definition) is 3. The van der Waals surface area contributed by atoms with Gasteiger partial charge in [-0.15, -0.1) is 0 Å². The van der Waals surface area contributed by atoms with Gasteiger partial charge in [-0.3, -0.25) is 9.78 Å². The third kappa shape index (κ3) is 2.62. The van der Waals surface area contributed by atoms with Crippen molar-refractivity contribution in [2.75, 3.05) is 0 Å². The summed E-state index contributed by atoms with van der Waals surface area (Å²) in [6.07, 6.45) is 1.67. The molecule has 98 valence electrons. The van der Waals surface area contributed by atoms with E-state index in [9.17, 15) is 4.79 Å². The van der Waals surface area contributed by atoms with Gasteiger partial charge in [0.1, 0.15) is 0 Å². The van der Waals surface area contributed by atoms with Crippen LogP contribution in [0.2, 0.25) is 0 Å². The molecular weight excluding hydrogens is 244 g/mol. The predicted octanol–water partition coefficient (Wildman–Crippen LogP) is 1.10. The van der Waals surface area contributed by atoms with Crippen LogP contribution in [0.4, 0.5) is 0 Å². The first-order valence-electron chi connectivity index (χ1n) is 5.75. The molecule has 0 aliphatic carbocycles. The maximum atomic E-state index is 12.2. The average molecular weight is 258 g/mol. The van der Waals surface area contributed by atoms with Crippen LogP contribution in [0.5, 0.6) is 0 Å². The molecule has 4 N–H and O–H groups in total. The number of amidine groups is 1. The van der Waals surface area contributed by atoms with Crippen molar-refractivity contribution in [3.63, 3.8) is 0 Å². The number of carbonyl (C=O) groups is 1. The quantitative estimate of drug-likeness (QED) is 0.332. The van der Waals surface area contributed by atoms with Crippen molar-refractivity contribution < 1.29 is 10.0 Å². The summed E-state index contributed by atoms with van der Waals surface area (Å²) in [5.41, 5.74) is 6.67. The van der Waals surface area contributed by atoms with Crippen molar-refractivity contribution in [2.45, 2.75) is 13.0 Å². The summed E-state index contributed by atoms with van der Waals surface area (Å²) < 4.78 is 0. The summed E-state index contributed by atoms with van der Waals surface area (Å²) in [5, 5.41) is 14.8. The minimum absolute atomic E-state index is 0.0493. The lowest BCUT2D eigenvalue weighted by Crippen LogP contribution is -2.42. The molecule has 0 aliphatic heterocycles. The number of benzene rings is 1. The number of oxime groups is 1. The highest BCUT2D eigenvalue weighted by Gasteiger charge is 2.15. The number of nitrogens with one attached hydrogen (secondary N) is 1. The lowest BCUT2D eigenvalue weighted by atomic mass is 10.1. The molecule has 0 saturated carbocycles. The topological polar surface area (TPSA) is 101 Å². The fourth-order valence-corrected chi connectivity index (χ4v) is 1.74. The monoisotopic (exact) mass is 258 g/mol. The van der Waals surface area contributed by atoms with Gasteiger partial charge < -0.3 is 16.3 Å². The third-order valence-corrected chi connectivity index (χ3v) is 2.80. The molecule has 6 nitrogen and oxygen atoms in total. The van der Waals surface area contributed by atoms with Crippen LogP contribution in [0.1, 0.15) is 17.3 Å². The van der Waals surface area contributed by atoms with Gasteiger partial charge in [0.2, 0.25) is 0 Å². The van der Waals surface area contributed by atoms with Crippen molar-refractivity contribution >= 4 is 22.6 Å². The van der Waals surface area contributed by atoms with Crippen LogP contribution in [0.15, 0.2) is 41.7 Å². The molecule has 6 heteroatoms. The van der Waals surface area contributed by atoms with Crippen LogP contribution in [0, 0.1) is 0 Å². The van der Waals surface area contributed by atoms with Gasteiger partial charge in [0.25, 0.3) is 5.91 Å². The van der Waals surface area contributed by atoms with E-state index < -0.39 is 6.04 Å². The van der Waals surface area contributed by atoms with E-state index in [1.54, 1.807) is 31.3 Å². The molecule has 0 aliphatic rings. The van der Waals surface area contributed by atoms with Crippen molar-refractivity contribution in [1.82, 2.24) is 10.3 Å². The van der Waals surface area contributed by atoms with Crippen LogP contribution in [0.25, 0.3) is 10.9 Å². The summed E-state index contributed by atoms with van der Waals surface area (Å²) in [4.78, 5) is 16.3. The van der Waals surface area contributed by atoms with Crippen molar-refractivity contribution in [3.8, 4) is 0 Å². The Kier molecular flexibility index (Phi) is 3.61. The Bertz CT molecular complexity index is 634. The molecule has 0 saturated heterocycles. The van der Waals surface area contributed by atoms with Gasteiger partial charge in [-0.1, -0.05) is 17.3 Å². The number of amides is 1.